The van der Waals surface area contributed by atoms with E-state index in [-0.39, 0.29) is 17.0 Å². The predicted molar refractivity (Wildman–Crippen MR) is 97.3 cm³/mol. The summed E-state index contributed by atoms with van der Waals surface area (Å²) in [5.41, 5.74) is 0.314. The average Bonchev–Trinajstić information content (AvgIpc) is 2.46. The normalized spacial score (nSPS) is 13.9. The highest BCUT2D eigenvalue weighted by molar-refractivity contribution is 7.92. The van der Waals surface area contributed by atoms with Gasteiger partial charge in [0.2, 0.25) is 15.9 Å². The van der Waals surface area contributed by atoms with Crippen molar-refractivity contribution in [1.29, 1.82) is 0 Å². The first kappa shape index (κ1) is 20.6. The van der Waals surface area contributed by atoms with E-state index < -0.39 is 16.1 Å². The van der Waals surface area contributed by atoms with E-state index in [0.29, 0.717) is 11.4 Å². The van der Waals surface area contributed by atoms with E-state index in [2.05, 4.69) is 5.32 Å². The van der Waals surface area contributed by atoms with E-state index in [1.54, 1.807) is 19.1 Å². The van der Waals surface area contributed by atoms with Crippen LogP contribution in [0.3, 0.4) is 0 Å². The molecule has 0 aromatic heterocycles. The number of methoxy groups -OCH3 is 1. The summed E-state index contributed by atoms with van der Waals surface area (Å²) in [7, 11) is -2.20. The lowest BCUT2D eigenvalue weighted by atomic mass is 10.2. The van der Waals surface area contributed by atoms with Gasteiger partial charge in [0.25, 0.3) is 0 Å². The molecule has 0 aliphatic rings. The van der Waals surface area contributed by atoms with Crippen molar-refractivity contribution in [3.8, 4) is 5.75 Å². The molecule has 24 heavy (non-hydrogen) atoms. The van der Waals surface area contributed by atoms with Gasteiger partial charge in [-0.25, -0.2) is 8.42 Å². The third-order valence-electron chi connectivity index (χ3n) is 3.59. The molecule has 136 valence electrons. The second-order valence-corrected chi connectivity index (χ2v) is 8.02. The number of carbonyl (C=O) groups excluding carboxylic acids is 1. The number of nitrogens with one attached hydrogen (secondary N) is 1. The van der Waals surface area contributed by atoms with Gasteiger partial charge in [-0.3, -0.25) is 9.10 Å². The van der Waals surface area contributed by atoms with Gasteiger partial charge in [-0.05, 0) is 38.5 Å². The van der Waals surface area contributed by atoms with Crippen LogP contribution in [-0.4, -0.2) is 39.8 Å². The summed E-state index contributed by atoms with van der Waals surface area (Å²) in [6.07, 6.45) is 2.82. The Morgan fingerprint density at radius 2 is 2.00 bits per heavy atom. The summed E-state index contributed by atoms with van der Waals surface area (Å²) in [6, 6.07) is 3.68. The lowest BCUT2D eigenvalue weighted by Gasteiger charge is -2.29. The third-order valence-corrected chi connectivity index (χ3v) is 5.13. The maximum atomic E-state index is 12.4. The number of amides is 1. The van der Waals surface area contributed by atoms with Crippen LogP contribution in [0, 0.1) is 0 Å². The third kappa shape index (κ3) is 5.27. The van der Waals surface area contributed by atoms with E-state index in [9.17, 15) is 13.2 Å². The molecule has 6 nitrogen and oxygen atoms in total. The molecule has 0 heterocycles. The SMILES string of the molecule is CCC[C@H](C)NC(=O)[C@H](C)N(c1ccc(OC)c(Cl)c1)S(C)(=O)=O. The van der Waals surface area contributed by atoms with Gasteiger partial charge in [-0.2, -0.15) is 0 Å². The number of anilines is 1. The first-order chi connectivity index (χ1) is 11.1. The van der Waals surface area contributed by atoms with E-state index in [1.807, 2.05) is 13.8 Å². The fraction of sp³-hybridized carbons (Fsp3) is 0.562. The Balaban J connectivity index is 3.14. The molecule has 1 aromatic rings. The summed E-state index contributed by atoms with van der Waals surface area (Å²) >= 11 is 6.09. The van der Waals surface area contributed by atoms with E-state index in [1.165, 1.54) is 13.2 Å². The summed E-state index contributed by atoms with van der Waals surface area (Å²) < 4.78 is 30.6. The Hall–Kier alpha value is -1.47. The van der Waals surface area contributed by atoms with Crippen molar-refractivity contribution in [2.45, 2.75) is 45.7 Å². The van der Waals surface area contributed by atoms with Crippen LogP contribution in [0.15, 0.2) is 18.2 Å². The molecule has 0 aliphatic heterocycles. The monoisotopic (exact) mass is 376 g/mol. The molecule has 0 unspecified atom stereocenters. The van der Waals surface area contributed by atoms with E-state index in [4.69, 9.17) is 16.3 Å². The minimum atomic E-state index is -3.67. The minimum absolute atomic E-state index is 0.0224. The fourth-order valence-corrected chi connectivity index (χ4v) is 3.89. The molecule has 8 heteroatoms. The Labute approximate surface area is 149 Å². The molecule has 0 spiro atoms. The molecule has 0 fully saturated rings. The molecule has 0 radical (unpaired) electrons. The maximum absolute atomic E-state index is 12.4. The summed E-state index contributed by atoms with van der Waals surface area (Å²) in [5.74, 6) is 0.0795. The summed E-state index contributed by atoms with van der Waals surface area (Å²) in [4.78, 5) is 12.4. The number of halogens is 1. The molecule has 0 saturated heterocycles. The minimum Gasteiger partial charge on any atom is -0.495 e. The second-order valence-electron chi connectivity index (χ2n) is 5.75. The highest BCUT2D eigenvalue weighted by atomic mass is 35.5. The van der Waals surface area contributed by atoms with E-state index >= 15 is 0 Å². The zero-order chi connectivity index (χ0) is 18.5. The van der Waals surface area contributed by atoms with Gasteiger partial charge < -0.3 is 10.1 Å². The van der Waals surface area contributed by atoms with Gasteiger partial charge >= 0.3 is 0 Å². The lowest BCUT2D eigenvalue weighted by molar-refractivity contribution is -0.122. The van der Waals surface area contributed by atoms with E-state index in [0.717, 1.165) is 23.4 Å². The molecular formula is C16H25ClN2O4S. The quantitative estimate of drug-likeness (QED) is 0.756. The first-order valence-electron chi connectivity index (χ1n) is 7.75. The highest BCUT2D eigenvalue weighted by Crippen LogP contribution is 2.31. The van der Waals surface area contributed by atoms with Crippen molar-refractivity contribution in [2.75, 3.05) is 17.7 Å². The largest absolute Gasteiger partial charge is 0.495 e. The molecule has 1 amide bonds. The standard InChI is InChI=1S/C16H25ClN2O4S/c1-6-7-11(2)18-16(20)12(3)19(24(5,21)22)13-8-9-15(23-4)14(17)10-13/h8-12H,6-7H2,1-5H3,(H,18,20)/t11-,12-/m0/s1. The molecular weight excluding hydrogens is 352 g/mol. The number of rotatable bonds is 8. The zero-order valence-electron chi connectivity index (χ0n) is 14.7. The molecule has 0 aliphatic carbocycles. The molecule has 1 aromatic carbocycles. The van der Waals surface area contributed by atoms with Gasteiger partial charge in [-0.1, -0.05) is 24.9 Å². The number of ether oxygens (including phenoxy) is 1. The van der Waals surface area contributed by atoms with Crippen LogP contribution in [0.1, 0.15) is 33.6 Å². The van der Waals surface area contributed by atoms with Crippen LogP contribution in [0.4, 0.5) is 5.69 Å². The Bertz CT molecular complexity index is 679. The van der Waals surface area contributed by atoms with Crippen molar-refractivity contribution in [1.82, 2.24) is 5.32 Å². The van der Waals surface area contributed by atoms with Crippen molar-refractivity contribution < 1.29 is 17.9 Å². The van der Waals surface area contributed by atoms with Crippen LogP contribution >= 0.6 is 11.6 Å². The number of carbonyl (C=O) groups is 1. The molecule has 1 N–H and O–H groups in total. The average molecular weight is 377 g/mol. The van der Waals surface area contributed by atoms with Crippen LogP contribution < -0.4 is 14.4 Å². The molecule has 0 bridgehead atoms. The number of sulfonamides is 1. The molecule has 0 saturated carbocycles. The zero-order valence-corrected chi connectivity index (χ0v) is 16.2. The van der Waals surface area contributed by atoms with Crippen molar-refractivity contribution >= 4 is 33.2 Å². The smallest absolute Gasteiger partial charge is 0.243 e. The second kappa shape index (κ2) is 8.58. The predicted octanol–water partition coefficient (Wildman–Crippen LogP) is 2.81. The van der Waals surface area contributed by atoms with Crippen LogP contribution in [-0.2, 0) is 14.8 Å². The van der Waals surface area contributed by atoms with Crippen molar-refractivity contribution in [3.63, 3.8) is 0 Å². The Kier molecular flexibility index (Phi) is 7.35. The summed E-state index contributed by atoms with van der Waals surface area (Å²) in [6.45, 7) is 5.46. The van der Waals surface area contributed by atoms with Gasteiger partial charge in [0.05, 0.1) is 24.1 Å². The number of hydrogen-bond acceptors (Lipinski definition) is 4. The first-order valence-corrected chi connectivity index (χ1v) is 9.97. The highest BCUT2D eigenvalue weighted by Gasteiger charge is 2.30. The summed E-state index contributed by atoms with van der Waals surface area (Å²) in [5, 5.41) is 3.11. The van der Waals surface area contributed by atoms with Crippen molar-refractivity contribution in [3.05, 3.63) is 23.2 Å². The van der Waals surface area contributed by atoms with Crippen LogP contribution in [0.2, 0.25) is 5.02 Å². The molecule has 1 rings (SSSR count). The Morgan fingerprint density at radius 1 is 1.38 bits per heavy atom. The number of benzene rings is 1. The Morgan fingerprint density at radius 3 is 2.46 bits per heavy atom. The van der Waals surface area contributed by atoms with Gasteiger partial charge in [-0.15, -0.1) is 0 Å². The van der Waals surface area contributed by atoms with Gasteiger partial charge in [0.15, 0.2) is 0 Å². The topological polar surface area (TPSA) is 75.7 Å². The number of hydrogen-bond donors (Lipinski definition) is 1. The van der Waals surface area contributed by atoms with Gasteiger partial charge in [0, 0.05) is 6.04 Å². The van der Waals surface area contributed by atoms with Crippen molar-refractivity contribution in [2.24, 2.45) is 0 Å². The van der Waals surface area contributed by atoms with Gasteiger partial charge in [0.1, 0.15) is 11.8 Å². The maximum Gasteiger partial charge on any atom is 0.243 e. The molecule has 2 atom stereocenters. The number of nitrogens with zero attached hydrogens (tertiary/aromatic N) is 1. The lowest BCUT2D eigenvalue weighted by Crippen LogP contribution is -2.49. The fourth-order valence-electron chi connectivity index (χ4n) is 2.47. The van der Waals surface area contributed by atoms with Crippen LogP contribution in [0.5, 0.6) is 5.75 Å². The van der Waals surface area contributed by atoms with Crippen LogP contribution in [0.25, 0.3) is 0 Å².